The normalized spacial score (nSPS) is 11.1. The number of aromatic hydroxyl groups is 1. The Morgan fingerprint density at radius 2 is 1.56 bits per heavy atom. The Bertz CT molecular complexity index is 574. The van der Waals surface area contributed by atoms with Gasteiger partial charge in [-0.25, -0.2) is 0 Å². The molecule has 0 spiro atoms. The average molecular weight is 302 g/mol. The molecule has 0 heterocycles. The molecule has 92 valence electrons. The lowest BCUT2D eigenvalue weighted by Crippen LogP contribution is -1.75. The molecule has 18 heavy (non-hydrogen) atoms. The molecule has 0 unspecified atom stereocenters. The number of phenols is 1. The topological polar surface area (TPSA) is 45.0 Å². The van der Waals surface area contributed by atoms with Crippen LogP contribution in [-0.4, -0.2) is 5.11 Å². The Morgan fingerprint density at radius 3 is 2.22 bits per heavy atom. The Balaban J connectivity index is 2.44. The van der Waals surface area contributed by atoms with E-state index in [1.54, 1.807) is 12.1 Å². The Morgan fingerprint density at radius 1 is 0.889 bits per heavy atom. The zero-order valence-corrected chi connectivity index (χ0v) is 11.2. The quantitative estimate of drug-likeness (QED) is 0.555. The Kier molecular flexibility index (Phi) is 4.07. The monoisotopic (exact) mass is 300 g/mol. The van der Waals surface area contributed by atoms with E-state index in [0.717, 1.165) is 0 Å². The number of halogens is 3. The van der Waals surface area contributed by atoms with Gasteiger partial charge in [-0.15, -0.1) is 5.11 Å². The maximum Gasteiger partial charge on any atom is 0.163 e. The van der Waals surface area contributed by atoms with E-state index in [2.05, 4.69) is 10.2 Å². The molecule has 0 aliphatic carbocycles. The van der Waals surface area contributed by atoms with Crippen molar-refractivity contribution >= 4 is 46.2 Å². The van der Waals surface area contributed by atoms with E-state index in [1.165, 1.54) is 6.07 Å². The van der Waals surface area contributed by atoms with E-state index in [0.29, 0.717) is 5.69 Å². The van der Waals surface area contributed by atoms with Crippen molar-refractivity contribution in [2.24, 2.45) is 10.2 Å². The third kappa shape index (κ3) is 2.75. The van der Waals surface area contributed by atoms with Crippen LogP contribution < -0.4 is 0 Å². The third-order valence-electron chi connectivity index (χ3n) is 2.14. The van der Waals surface area contributed by atoms with E-state index in [4.69, 9.17) is 34.8 Å². The van der Waals surface area contributed by atoms with Gasteiger partial charge in [0.2, 0.25) is 0 Å². The highest BCUT2D eigenvalue weighted by atomic mass is 35.5. The molecule has 0 amide bonds. The lowest BCUT2D eigenvalue weighted by Gasteiger charge is -2.04. The predicted octanol–water partition coefficient (Wildman–Crippen LogP) is 5.77. The molecule has 0 bridgehead atoms. The molecule has 0 aliphatic rings. The van der Waals surface area contributed by atoms with Crippen molar-refractivity contribution in [2.75, 3.05) is 0 Å². The van der Waals surface area contributed by atoms with Gasteiger partial charge in [-0.05, 0) is 18.2 Å². The van der Waals surface area contributed by atoms with Crippen LogP contribution in [0.3, 0.4) is 0 Å². The fourth-order valence-electron chi connectivity index (χ4n) is 1.27. The summed E-state index contributed by atoms with van der Waals surface area (Å²) in [5.74, 6) is -0.245. The van der Waals surface area contributed by atoms with Gasteiger partial charge in [-0.2, -0.15) is 5.11 Å². The highest BCUT2D eigenvalue weighted by molar-refractivity contribution is 6.45. The summed E-state index contributed by atoms with van der Waals surface area (Å²) >= 11 is 17.6. The predicted molar refractivity (Wildman–Crippen MR) is 73.8 cm³/mol. The molecule has 2 aromatic rings. The van der Waals surface area contributed by atoms with Gasteiger partial charge in [0.1, 0.15) is 5.69 Å². The first-order chi connectivity index (χ1) is 8.59. The number of benzene rings is 2. The highest BCUT2D eigenvalue weighted by Gasteiger charge is 2.14. The van der Waals surface area contributed by atoms with Gasteiger partial charge in [-0.1, -0.05) is 53.0 Å². The number of nitrogens with zero attached hydrogens (tertiary/aromatic N) is 2. The molecule has 0 saturated heterocycles. The molecule has 0 saturated carbocycles. The van der Waals surface area contributed by atoms with E-state index < -0.39 is 0 Å². The minimum atomic E-state index is -0.245. The zero-order chi connectivity index (χ0) is 13.1. The summed E-state index contributed by atoms with van der Waals surface area (Å²) in [4.78, 5) is 0. The van der Waals surface area contributed by atoms with Crippen LogP contribution >= 0.6 is 34.8 Å². The number of rotatable bonds is 2. The maximum absolute atomic E-state index is 9.75. The SMILES string of the molecule is Oc1c(Cl)cc(Cl)c(Cl)c1N=Nc1ccccc1. The molecule has 2 aromatic carbocycles. The van der Waals surface area contributed by atoms with Gasteiger partial charge in [0.15, 0.2) is 5.75 Å². The van der Waals surface area contributed by atoms with Gasteiger partial charge in [-0.3, -0.25) is 0 Å². The zero-order valence-electron chi connectivity index (χ0n) is 8.94. The summed E-state index contributed by atoms with van der Waals surface area (Å²) in [5.41, 5.74) is 0.682. The van der Waals surface area contributed by atoms with Crippen LogP contribution in [0.2, 0.25) is 15.1 Å². The molecule has 1 N–H and O–H groups in total. The van der Waals surface area contributed by atoms with E-state index in [-0.39, 0.29) is 26.5 Å². The third-order valence-corrected chi connectivity index (χ3v) is 3.21. The second kappa shape index (κ2) is 5.57. The van der Waals surface area contributed by atoms with Crippen molar-refractivity contribution in [2.45, 2.75) is 0 Å². The lowest BCUT2D eigenvalue weighted by atomic mass is 10.3. The van der Waals surface area contributed by atoms with Crippen molar-refractivity contribution < 1.29 is 5.11 Å². The van der Waals surface area contributed by atoms with Gasteiger partial charge in [0.05, 0.1) is 20.8 Å². The smallest absolute Gasteiger partial charge is 0.163 e. The summed E-state index contributed by atoms with van der Waals surface area (Å²) in [5, 5.41) is 18.0. The summed E-state index contributed by atoms with van der Waals surface area (Å²) in [6.45, 7) is 0. The summed E-state index contributed by atoms with van der Waals surface area (Å²) in [6.07, 6.45) is 0. The van der Waals surface area contributed by atoms with Crippen molar-refractivity contribution in [1.82, 2.24) is 0 Å². The molecule has 2 rings (SSSR count). The van der Waals surface area contributed by atoms with Crippen LogP contribution in [0.5, 0.6) is 5.75 Å². The molecule has 3 nitrogen and oxygen atoms in total. The molecular weight excluding hydrogens is 295 g/mol. The van der Waals surface area contributed by atoms with Crippen LogP contribution in [0.25, 0.3) is 0 Å². The summed E-state index contributed by atoms with van der Waals surface area (Å²) in [7, 11) is 0. The first kappa shape index (κ1) is 13.1. The maximum atomic E-state index is 9.75. The second-order valence-electron chi connectivity index (χ2n) is 3.39. The van der Waals surface area contributed by atoms with Crippen molar-refractivity contribution in [3.05, 3.63) is 51.5 Å². The van der Waals surface area contributed by atoms with Crippen LogP contribution in [0.15, 0.2) is 46.6 Å². The van der Waals surface area contributed by atoms with Crippen LogP contribution in [0, 0.1) is 0 Å². The second-order valence-corrected chi connectivity index (χ2v) is 4.58. The first-order valence-electron chi connectivity index (χ1n) is 4.93. The van der Waals surface area contributed by atoms with Crippen LogP contribution in [0.4, 0.5) is 11.4 Å². The van der Waals surface area contributed by atoms with E-state index in [9.17, 15) is 5.11 Å². The fraction of sp³-hybridized carbons (Fsp3) is 0. The molecule has 0 aromatic heterocycles. The Hall–Kier alpha value is -1.29. The minimum absolute atomic E-state index is 0.0537. The molecule has 6 heteroatoms. The largest absolute Gasteiger partial charge is 0.504 e. The number of hydrogen-bond acceptors (Lipinski definition) is 3. The number of phenolic OH excluding ortho intramolecular Hbond substituents is 1. The summed E-state index contributed by atoms with van der Waals surface area (Å²) in [6, 6.07) is 10.4. The molecular formula is C12H7Cl3N2O. The van der Waals surface area contributed by atoms with Crippen LogP contribution in [-0.2, 0) is 0 Å². The number of hydrogen-bond donors (Lipinski definition) is 1. The lowest BCUT2D eigenvalue weighted by molar-refractivity contribution is 0.476. The molecule has 0 fully saturated rings. The molecule has 0 radical (unpaired) electrons. The summed E-state index contributed by atoms with van der Waals surface area (Å²) < 4.78 is 0. The van der Waals surface area contributed by atoms with E-state index >= 15 is 0 Å². The van der Waals surface area contributed by atoms with Gasteiger partial charge >= 0.3 is 0 Å². The fourth-order valence-corrected chi connectivity index (χ4v) is 1.90. The standard InChI is InChI=1S/C12H7Cl3N2O/c13-8-6-9(14)12(18)11(10(8)15)17-16-7-4-2-1-3-5-7/h1-6,18H. The molecule has 0 atom stereocenters. The van der Waals surface area contributed by atoms with Crippen molar-refractivity contribution in [1.29, 1.82) is 0 Å². The van der Waals surface area contributed by atoms with Crippen molar-refractivity contribution in [3.8, 4) is 5.75 Å². The minimum Gasteiger partial charge on any atom is -0.504 e. The van der Waals surface area contributed by atoms with Gasteiger partial charge in [0, 0.05) is 0 Å². The first-order valence-corrected chi connectivity index (χ1v) is 6.06. The highest BCUT2D eigenvalue weighted by Crippen LogP contribution is 2.44. The van der Waals surface area contributed by atoms with Crippen LogP contribution in [0.1, 0.15) is 0 Å². The van der Waals surface area contributed by atoms with E-state index in [1.807, 2.05) is 18.2 Å². The van der Waals surface area contributed by atoms with Crippen molar-refractivity contribution in [3.63, 3.8) is 0 Å². The Labute approximate surface area is 119 Å². The van der Waals surface area contributed by atoms with Gasteiger partial charge < -0.3 is 5.11 Å². The number of azo groups is 1. The average Bonchev–Trinajstić information content (AvgIpc) is 2.38. The van der Waals surface area contributed by atoms with Gasteiger partial charge in [0.25, 0.3) is 0 Å². The molecule has 0 aliphatic heterocycles.